The Morgan fingerprint density at radius 2 is 1.62 bits per heavy atom. The second kappa shape index (κ2) is 10.2. The van der Waals surface area contributed by atoms with Crippen molar-refractivity contribution in [2.45, 2.75) is 26.2 Å². The van der Waals surface area contributed by atoms with Gasteiger partial charge in [0.15, 0.2) is 0 Å². The maximum Gasteiger partial charge on any atom is 0.573 e. The van der Waals surface area contributed by atoms with E-state index in [0.717, 1.165) is 17.1 Å². The molecule has 1 aliphatic rings. The van der Waals surface area contributed by atoms with E-state index in [9.17, 15) is 13.2 Å². The average Bonchev–Trinajstić information content (AvgIpc) is 2.96. The molecule has 1 heterocycles. The van der Waals surface area contributed by atoms with E-state index in [1.165, 1.54) is 24.3 Å². The molecule has 0 amide bonds. The quantitative estimate of drug-likeness (QED) is 0.531. The van der Waals surface area contributed by atoms with Gasteiger partial charge >= 0.3 is 6.36 Å². The highest BCUT2D eigenvalue weighted by Crippen LogP contribution is 2.29. The predicted molar refractivity (Wildman–Crippen MR) is 115 cm³/mol. The van der Waals surface area contributed by atoms with E-state index in [-0.39, 0.29) is 25.3 Å². The number of ether oxygens (including phenoxy) is 3. The summed E-state index contributed by atoms with van der Waals surface area (Å²) in [5.74, 6) is 1.07. The second-order valence-electron chi connectivity index (χ2n) is 7.11. The minimum Gasteiger partial charge on any atom is -0.491 e. The van der Waals surface area contributed by atoms with Crippen molar-refractivity contribution in [3.63, 3.8) is 0 Å². The fourth-order valence-electron chi connectivity index (χ4n) is 3.47. The molecule has 0 bridgehead atoms. The van der Waals surface area contributed by atoms with Crippen molar-refractivity contribution >= 4 is 11.6 Å². The van der Waals surface area contributed by atoms with Crippen LogP contribution in [0.4, 0.5) is 13.2 Å². The molecular weight excluding hydrogens is 447 g/mol. The van der Waals surface area contributed by atoms with Crippen molar-refractivity contribution in [3.8, 4) is 11.5 Å². The van der Waals surface area contributed by atoms with Gasteiger partial charge in [-0.3, -0.25) is 0 Å². The van der Waals surface area contributed by atoms with E-state index in [1.54, 1.807) is 0 Å². The first-order valence-corrected chi connectivity index (χ1v) is 10.3. The molecule has 1 N–H and O–H groups in total. The molecule has 1 aliphatic heterocycles. The zero-order valence-corrected chi connectivity index (χ0v) is 18.7. The van der Waals surface area contributed by atoms with Crippen LogP contribution in [-0.4, -0.2) is 49.8 Å². The fraction of sp³-hybridized carbons (Fsp3) is 0.364. The van der Waals surface area contributed by atoms with Crippen LogP contribution < -0.4 is 14.8 Å². The van der Waals surface area contributed by atoms with Crippen LogP contribution in [-0.2, 0) is 11.3 Å². The predicted octanol–water partition coefficient (Wildman–Crippen LogP) is 4.77. The largest absolute Gasteiger partial charge is 0.573 e. The van der Waals surface area contributed by atoms with E-state index < -0.39 is 6.36 Å². The summed E-state index contributed by atoms with van der Waals surface area (Å²) in [6.45, 7) is 3.15. The molecule has 10 heteroatoms. The van der Waals surface area contributed by atoms with E-state index in [2.05, 4.69) is 15.0 Å². The molecule has 2 aromatic carbocycles. The Morgan fingerprint density at radius 1 is 1.00 bits per heavy atom. The lowest BCUT2D eigenvalue weighted by Crippen LogP contribution is -2.42. The number of nitrogens with one attached hydrogen (secondary N) is 1. The zero-order valence-electron chi connectivity index (χ0n) is 17.9. The van der Waals surface area contributed by atoms with Crippen LogP contribution in [0.25, 0.3) is 0 Å². The first-order chi connectivity index (χ1) is 15.2. The Kier molecular flexibility index (Phi) is 7.63. The van der Waals surface area contributed by atoms with E-state index >= 15 is 0 Å². The van der Waals surface area contributed by atoms with Crippen LogP contribution in [0.15, 0.2) is 60.0 Å². The molecular formula is C22H25ClF3N3O3. The van der Waals surface area contributed by atoms with Gasteiger partial charge in [-0.15, -0.1) is 13.2 Å². The summed E-state index contributed by atoms with van der Waals surface area (Å²) in [6, 6.07) is 12.9. The van der Waals surface area contributed by atoms with Gasteiger partial charge in [0.2, 0.25) is 6.35 Å². The molecule has 3 rings (SSSR count). The molecule has 1 atom stereocenters. The summed E-state index contributed by atoms with van der Waals surface area (Å²) in [6.07, 6.45) is -5.07. The summed E-state index contributed by atoms with van der Waals surface area (Å²) < 4.78 is 52.3. The van der Waals surface area contributed by atoms with Gasteiger partial charge in [-0.25, -0.2) is 0 Å². The highest BCUT2D eigenvalue weighted by molar-refractivity contribution is 6.30. The third-order valence-electron chi connectivity index (χ3n) is 4.90. The molecule has 0 aliphatic carbocycles. The van der Waals surface area contributed by atoms with Crippen LogP contribution in [0.1, 0.15) is 12.5 Å². The lowest BCUT2D eigenvalue weighted by molar-refractivity contribution is -0.274. The van der Waals surface area contributed by atoms with Crippen LogP contribution in [0, 0.1) is 0 Å². The van der Waals surface area contributed by atoms with E-state index in [4.69, 9.17) is 21.1 Å². The monoisotopic (exact) mass is 471 g/mol. The Balaban J connectivity index is 1.56. The van der Waals surface area contributed by atoms with Crippen LogP contribution in [0.2, 0.25) is 5.02 Å². The molecule has 0 saturated carbocycles. The second-order valence-corrected chi connectivity index (χ2v) is 7.55. The molecule has 32 heavy (non-hydrogen) atoms. The summed E-state index contributed by atoms with van der Waals surface area (Å²) in [5.41, 5.74) is 2.13. The molecule has 2 aromatic rings. The van der Waals surface area contributed by atoms with Gasteiger partial charge in [0.25, 0.3) is 0 Å². The van der Waals surface area contributed by atoms with Crippen molar-refractivity contribution < 1.29 is 27.4 Å². The van der Waals surface area contributed by atoms with Crippen molar-refractivity contribution in [3.05, 3.63) is 70.6 Å². The molecule has 6 nitrogen and oxygen atoms in total. The summed E-state index contributed by atoms with van der Waals surface area (Å²) in [4.78, 5) is 4.12. The summed E-state index contributed by atoms with van der Waals surface area (Å²) >= 11 is 5.99. The Bertz CT molecular complexity index is 921. The van der Waals surface area contributed by atoms with Crippen molar-refractivity contribution in [1.82, 2.24) is 15.1 Å². The Morgan fingerprint density at radius 3 is 2.22 bits per heavy atom. The number of hydrogen-bond acceptors (Lipinski definition) is 6. The standard InChI is InChI=1S/C22H25ClF3N3O3/c1-15-20(27-2)28(3)21(29(15)14-16-4-6-17(23)7-5-16)31-13-12-30-18-8-10-19(11-9-18)32-22(24,25)26/h4-11,21,27H,12-14H2,1-3H3. The maximum atomic E-state index is 12.2. The molecule has 0 radical (unpaired) electrons. The first kappa shape index (κ1) is 23.9. The molecule has 0 fully saturated rings. The molecule has 0 saturated heterocycles. The molecule has 174 valence electrons. The number of hydrogen-bond donors (Lipinski definition) is 1. The van der Waals surface area contributed by atoms with Crippen molar-refractivity contribution in [2.75, 3.05) is 27.3 Å². The van der Waals surface area contributed by atoms with Gasteiger partial charge in [-0.05, 0) is 48.9 Å². The van der Waals surface area contributed by atoms with Gasteiger partial charge in [-0.2, -0.15) is 0 Å². The number of nitrogens with zero attached hydrogens (tertiary/aromatic N) is 2. The van der Waals surface area contributed by atoms with Gasteiger partial charge in [0, 0.05) is 25.7 Å². The van der Waals surface area contributed by atoms with Crippen LogP contribution >= 0.6 is 11.6 Å². The third-order valence-corrected chi connectivity index (χ3v) is 5.16. The minimum atomic E-state index is -4.72. The number of alkyl halides is 3. The molecule has 1 unspecified atom stereocenters. The number of benzene rings is 2. The minimum absolute atomic E-state index is 0.229. The SMILES string of the molecule is CNC1=C(C)N(Cc2ccc(Cl)cc2)C(OCCOc2ccc(OC(F)(F)F)cc2)N1C. The van der Waals surface area contributed by atoms with E-state index in [1.807, 2.05) is 50.2 Å². The van der Waals surface area contributed by atoms with Gasteiger partial charge in [-0.1, -0.05) is 23.7 Å². The van der Waals surface area contributed by atoms with Crippen molar-refractivity contribution in [2.24, 2.45) is 0 Å². The fourth-order valence-corrected chi connectivity index (χ4v) is 3.60. The maximum absolute atomic E-state index is 12.2. The summed E-state index contributed by atoms with van der Waals surface area (Å²) in [7, 11) is 3.79. The normalized spacial score (nSPS) is 16.5. The lowest BCUT2D eigenvalue weighted by Gasteiger charge is -2.32. The highest BCUT2D eigenvalue weighted by Gasteiger charge is 2.34. The summed E-state index contributed by atoms with van der Waals surface area (Å²) in [5, 5.41) is 3.87. The third kappa shape index (κ3) is 6.14. The molecule has 0 spiro atoms. The number of halogens is 4. The molecule has 0 aromatic heterocycles. The van der Waals surface area contributed by atoms with Crippen LogP contribution in [0.3, 0.4) is 0 Å². The zero-order chi connectivity index (χ0) is 23.3. The van der Waals surface area contributed by atoms with Gasteiger partial charge in [0.05, 0.1) is 12.3 Å². The Labute approximate surface area is 190 Å². The Hall–Kier alpha value is -2.78. The van der Waals surface area contributed by atoms with E-state index in [0.29, 0.717) is 17.3 Å². The van der Waals surface area contributed by atoms with Gasteiger partial charge < -0.3 is 29.3 Å². The smallest absolute Gasteiger partial charge is 0.491 e. The number of rotatable bonds is 9. The lowest BCUT2D eigenvalue weighted by atomic mass is 10.2. The number of allylic oxidation sites excluding steroid dienone is 1. The van der Waals surface area contributed by atoms with Gasteiger partial charge in [0.1, 0.15) is 23.9 Å². The topological polar surface area (TPSA) is 46.2 Å². The average molecular weight is 472 g/mol. The van der Waals surface area contributed by atoms with Crippen LogP contribution in [0.5, 0.6) is 11.5 Å². The highest BCUT2D eigenvalue weighted by atomic mass is 35.5. The first-order valence-electron chi connectivity index (χ1n) is 9.90. The van der Waals surface area contributed by atoms with Crippen molar-refractivity contribution in [1.29, 1.82) is 0 Å².